The van der Waals surface area contributed by atoms with Gasteiger partial charge in [0.2, 0.25) is 0 Å². The van der Waals surface area contributed by atoms with E-state index >= 15 is 0 Å². The summed E-state index contributed by atoms with van der Waals surface area (Å²) in [5, 5.41) is 9.18. The highest BCUT2D eigenvalue weighted by molar-refractivity contribution is 5.91. The molecule has 0 aromatic heterocycles. The maximum Gasteiger partial charge on any atom is 0.339 e. The third-order valence-electron chi connectivity index (χ3n) is 3.37. The topological polar surface area (TPSA) is 46.5 Å². The van der Waals surface area contributed by atoms with Crippen molar-refractivity contribution in [3.05, 3.63) is 29.3 Å². The first-order valence-electron chi connectivity index (χ1n) is 6.95. The Morgan fingerprint density at radius 1 is 1.32 bits per heavy atom. The van der Waals surface area contributed by atoms with Gasteiger partial charge < -0.3 is 9.84 Å². The molecule has 19 heavy (non-hydrogen) atoms. The number of carboxylic acid groups (broad SMARTS) is 1. The van der Waals surface area contributed by atoms with E-state index in [1.807, 2.05) is 12.1 Å². The monoisotopic (exact) mass is 264 g/mol. The number of hydrogen-bond acceptors (Lipinski definition) is 2. The summed E-state index contributed by atoms with van der Waals surface area (Å²) in [4.78, 5) is 11.2. The molecule has 0 saturated carbocycles. The molecular weight excluding hydrogens is 240 g/mol. The van der Waals surface area contributed by atoms with Gasteiger partial charge in [0.15, 0.2) is 0 Å². The standard InChI is InChI=1S/C16H24O3/c1-5-12(4)13-6-7-14(16(17)18)15(10-13)19-9-8-11(2)3/h6-7,10-12H,5,8-9H2,1-4H3,(H,17,18). The van der Waals surface area contributed by atoms with Gasteiger partial charge in [0.1, 0.15) is 11.3 Å². The summed E-state index contributed by atoms with van der Waals surface area (Å²) >= 11 is 0. The summed E-state index contributed by atoms with van der Waals surface area (Å²) < 4.78 is 5.66. The van der Waals surface area contributed by atoms with Crippen LogP contribution >= 0.6 is 0 Å². The average Bonchev–Trinajstić information content (AvgIpc) is 2.37. The first kappa shape index (κ1) is 15.5. The summed E-state index contributed by atoms with van der Waals surface area (Å²) in [5.41, 5.74) is 1.38. The molecule has 1 aromatic carbocycles. The first-order chi connectivity index (χ1) is 8.95. The van der Waals surface area contributed by atoms with Gasteiger partial charge in [0, 0.05) is 0 Å². The largest absolute Gasteiger partial charge is 0.493 e. The van der Waals surface area contributed by atoms with Gasteiger partial charge in [-0.1, -0.05) is 33.8 Å². The van der Waals surface area contributed by atoms with Crippen LogP contribution in [0.15, 0.2) is 18.2 Å². The predicted octanol–water partition coefficient (Wildman–Crippen LogP) is 4.32. The molecule has 1 N–H and O–H groups in total. The predicted molar refractivity (Wildman–Crippen MR) is 77.1 cm³/mol. The normalized spacial score (nSPS) is 12.5. The van der Waals surface area contributed by atoms with Gasteiger partial charge in [-0.2, -0.15) is 0 Å². The molecule has 106 valence electrons. The van der Waals surface area contributed by atoms with E-state index in [2.05, 4.69) is 27.7 Å². The van der Waals surface area contributed by atoms with E-state index in [-0.39, 0.29) is 5.56 Å². The van der Waals surface area contributed by atoms with Crippen molar-refractivity contribution in [2.75, 3.05) is 6.61 Å². The van der Waals surface area contributed by atoms with Crippen molar-refractivity contribution in [3.63, 3.8) is 0 Å². The Bertz CT molecular complexity index is 424. The molecular formula is C16H24O3. The van der Waals surface area contributed by atoms with Gasteiger partial charge in [0.05, 0.1) is 6.61 Å². The van der Waals surface area contributed by atoms with E-state index in [1.165, 1.54) is 0 Å². The first-order valence-corrected chi connectivity index (χ1v) is 6.95. The van der Waals surface area contributed by atoms with Gasteiger partial charge in [-0.15, -0.1) is 0 Å². The summed E-state index contributed by atoms with van der Waals surface area (Å²) in [6, 6.07) is 5.40. The smallest absolute Gasteiger partial charge is 0.339 e. The van der Waals surface area contributed by atoms with E-state index in [1.54, 1.807) is 6.07 Å². The second-order valence-electron chi connectivity index (χ2n) is 5.40. The molecule has 3 heteroatoms. The summed E-state index contributed by atoms with van der Waals surface area (Å²) in [5.74, 6) is 0.516. The molecule has 0 aliphatic carbocycles. The van der Waals surface area contributed by atoms with Gasteiger partial charge in [-0.05, 0) is 42.4 Å². The molecule has 0 bridgehead atoms. The van der Waals surface area contributed by atoms with Crippen LogP contribution in [0.1, 0.15) is 62.4 Å². The number of benzene rings is 1. The van der Waals surface area contributed by atoms with Crippen LogP contribution in [0.4, 0.5) is 0 Å². The van der Waals surface area contributed by atoms with E-state index in [9.17, 15) is 9.90 Å². The SMILES string of the molecule is CCC(C)c1ccc(C(=O)O)c(OCCC(C)C)c1. The van der Waals surface area contributed by atoms with Crippen molar-refractivity contribution in [2.45, 2.75) is 46.5 Å². The molecule has 1 unspecified atom stereocenters. The lowest BCUT2D eigenvalue weighted by atomic mass is 9.97. The molecule has 0 radical (unpaired) electrons. The third kappa shape index (κ3) is 4.58. The zero-order chi connectivity index (χ0) is 14.4. The molecule has 0 saturated heterocycles. The zero-order valence-electron chi connectivity index (χ0n) is 12.3. The van der Waals surface area contributed by atoms with Crippen LogP contribution in [0.5, 0.6) is 5.75 Å². The second-order valence-corrected chi connectivity index (χ2v) is 5.40. The van der Waals surface area contributed by atoms with Crippen LogP contribution in [0.2, 0.25) is 0 Å². The maximum atomic E-state index is 11.2. The number of rotatable bonds is 7. The molecule has 0 aliphatic heterocycles. The van der Waals surface area contributed by atoms with Crippen molar-refractivity contribution in [1.82, 2.24) is 0 Å². The van der Waals surface area contributed by atoms with Crippen molar-refractivity contribution >= 4 is 5.97 Å². The van der Waals surface area contributed by atoms with Crippen LogP contribution in [-0.4, -0.2) is 17.7 Å². The molecule has 0 heterocycles. The number of aromatic carboxylic acids is 1. The van der Waals surface area contributed by atoms with Crippen LogP contribution in [0.25, 0.3) is 0 Å². The molecule has 0 fully saturated rings. The zero-order valence-corrected chi connectivity index (χ0v) is 12.3. The molecule has 0 aliphatic rings. The fourth-order valence-corrected chi connectivity index (χ4v) is 1.78. The molecule has 1 rings (SSSR count). The number of carbonyl (C=O) groups is 1. The number of ether oxygens (including phenoxy) is 1. The fraction of sp³-hybridized carbons (Fsp3) is 0.562. The third-order valence-corrected chi connectivity index (χ3v) is 3.37. The Morgan fingerprint density at radius 3 is 2.53 bits per heavy atom. The lowest BCUT2D eigenvalue weighted by Crippen LogP contribution is -2.07. The van der Waals surface area contributed by atoms with Crippen LogP contribution in [0.3, 0.4) is 0 Å². The molecule has 1 atom stereocenters. The van der Waals surface area contributed by atoms with E-state index < -0.39 is 5.97 Å². The summed E-state index contributed by atoms with van der Waals surface area (Å²) in [6.45, 7) is 9.05. The Hall–Kier alpha value is -1.51. The van der Waals surface area contributed by atoms with Crippen molar-refractivity contribution in [3.8, 4) is 5.75 Å². The van der Waals surface area contributed by atoms with Crippen molar-refractivity contribution < 1.29 is 14.6 Å². The molecule has 1 aromatic rings. The quantitative estimate of drug-likeness (QED) is 0.797. The van der Waals surface area contributed by atoms with Crippen LogP contribution < -0.4 is 4.74 Å². The maximum absolute atomic E-state index is 11.2. The van der Waals surface area contributed by atoms with Crippen molar-refractivity contribution in [2.24, 2.45) is 5.92 Å². The minimum absolute atomic E-state index is 0.246. The van der Waals surface area contributed by atoms with Gasteiger partial charge in [-0.3, -0.25) is 0 Å². The average molecular weight is 264 g/mol. The van der Waals surface area contributed by atoms with Gasteiger partial charge >= 0.3 is 5.97 Å². The highest BCUT2D eigenvalue weighted by Crippen LogP contribution is 2.27. The Morgan fingerprint density at radius 2 is 2.00 bits per heavy atom. The Kier molecular flexibility index (Phi) is 5.87. The lowest BCUT2D eigenvalue weighted by molar-refractivity contribution is 0.0692. The van der Waals surface area contributed by atoms with E-state index in [0.29, 0.717) is 24.2 Å². The van der Waals surface area contributed by atoms with E-state index in [0.717, 1.165) is 18.4 Å². The van der Waals surface area contributed by atoms with Crippen LogP contribution in [-0.2, 0) is 0 Å². The van der Waals surface area contributed by atoms with Gasteiger partial charge in [0.25, 0.3) is 0 Å². The molecule has 0 amide bonds. The fourth-order valence-electron chi connectivity index (χ4n) is 1.78. The second kappa shape index (κ2) is 7.17. The highest BCUT2D eigenvalue weighted by Gasteiger charge is 2.14. The Labute approximate surface area is 115 Å². The highest BCUT2D eigenvalue weighted by atomic mass is 16.5. The summed E-state index contributed by atoms with van der Waals surface area (Å²) in [6.07, 6.45) is 1.95. The van der Waals surface area contributed by atoms with Crippen molar-refractivity contribution in [1.29, 1.82) is 0 Å². The molecule has 3 nitrogen and oxygen atoms in total. The van der Waals surface area contributed by atoms with Gasteiger partial charge in [-0.25, -0.2) is 4.79 Å². The minimum atomic E-state index is -0.935. The minimum Gasteiger partial charge on any atom is -0.493 e. The Balaban J connectivity index is 2.92. The number of hydrogen-bond donors (Lipinski definition) is 1. The van der Waals surface area contributed by atoms with Crippen LogP contribution in [0, 0.1) is 5.92 Å². The molecule has 0 spiro atoms. The summed E-state index contributed by atoms with van der Waals surface area (Å²) in [7, 11) is 0. The number of carboxylic acids is 1. The van der Waals surface area contributed by atoms with E-state index in [4.69, 9.17) is 4.74 Å². The lowest BCUT2D eigenvalue weighted by Gasteiger charge is -2.14.